The van der Waals surface area contributed by atoms with Gasteiger partial charge in [-0.25, -0.2) is 0 Å². The number of amides is 3. The van der Waals surface area contributed by atoms with Gasteiger partial charge < -0.3 is 35.8 Å². The summed E-state index contributed by atoms with van der Waals surface area (Å²) < 4.78 is 11.6. The van der Waals surface area contributed by atoms with Gasteiger partial charge in [0.05, 0.1) is 32.3 Å². The van der Waals surface area contributed by atoms with Crippen LogP contribution in [0.1, 0.15) is 57.4 Å². The zero-order valence-electron chi connectivity index (χ0n) is 22.9. The summed E-state index contributed by atoms with van der Waals surface area (Å²) >= 11 is 1.38. The Kier molecular flexibility index (Phi) is 7.31. The molecule has 2 aliphatic heterocycles. The molecule has 2 saturated heterocycles. The summed E-state index contributed by atoms with van der Waals surface area (Å²) in [5.74, 6) is -2.37. The highest BCUT2D eigenvalue weighted by Crippen LogP contribution is 2.43. The number of likely N-dealkylation sites (tertiary alicyclic amines) is 1. The van der Waals surface area contributed by atoms with Crippen molar-refractivity contribution in [2.75, 3.05) is 26.3 Å². The number of nitrogens with zero attached hydrogens (tertiary/aromatic N) is 1. The third-order valence-corrected chi connectivity index (χ3v) is 9.12. The molecule has 1 unspecified atom stereocenters. The summed E-state index contributed by atoms with van der Waals surface area (Å²) in [6.07, 6.45) is -0.583. The standard InChI is InChI=1S/C30H31N5O6S/c1-16(24-11-18(14-42-24)27(31)32)34-29(39)23-12-30(40-8-9-41-30)15-35(23)25(36)13-33-28(38)17-6-7-21-22(10-17)19-4-2-3-5-20(19)26(21)37/h2-7,10-11,14,16,23,26,37H,8-9,12-13,15H2,1H3,(H3,31,32)(H,33,38)(H,34,39)/t16-,23+,26?/m1/s1. The molecule has 11 nitrogen and oxygen atoms in total. The van der Waals surface area contributed by atoms with Crippen LogP contribution in [0.25, 0.3) is 11.1 Å². The van der Waals surface area contributed by atoms with Crippen molar-refractivity contribution in [2.24, 2.45) is 5.73 Å². The van der Waals surface area contributed by atoms with E-state index in [1.54, 1.807) is 29.6 Å². The number of thiophene rings is 1. The van der Waals surface area contributed by atoms with Crippen LogP contribution < -0.4 is 16.4 Å². The average molecular weight is 590 g/mol. The predicted molar refractivity (Wildman–Crippen MR) is 155 cm³/mol. The molecule has 2 aromatic carbocycles. The van der Waals surface area contributed by atoms with Gasteiger partial charge in [0.25, 0.3) is 5.91 Å². The molecule has 3 atom stereocenters. The lowest BCUT2D eigenvalue weighted by atomic mass is 10.0. The van der Waals surface area contributed by atoms with Crippen molar-refractivity contribution in [3.8, 4) is 11.1 Å². The molecule has 0 radical (unpaired) electrons. The van der Waals surface area contributed by atoms with Crippen LogP contribution in [0.5, 0.6) is 0 Å². The fraction of sp³-hybridized carbons (Fsp3) is 0.333. The number of amidine groups is 1. The van der Waals surface area contributed by atoms with Gasteiger partial charge in [-0.2, -0.15) is 0 Å². The number of nitrogen functional groups attached to an aromatic ring is 1. The molecule has 2 fully saturated rings. The second-order valence-corrected chi connectivity index (χ2v) is 11.6. The maximum absolute atomic E-state index is 13.4. The van der Waals surface area contributed by atoms with Crippen molar-refractivity contribution in [1.82, 2.24) is 15.5 Å². The number of ether oxygens (including phenoxy) is 2. The van der Waals surface area contributed by atoms with Gasteiger partial charge in [-0.15, -0.1) is 11.3 Å². The van der Waals surface area contributed by atoms with Crippen LogP contribution in [-0.4, -0.2) is 71.7 Å². The molecule has 3 aliphatic rings. The summed E-state index contributed by atoms with van der Waals surface area (Å²) in [5.41, 5.74) is 9.67. The van der Waals surface area contributed by atoms with E-state index in [-0.39, 0.29) is 37.3 Å². The Morgan fingerprint density at radius 1 is 1.12 bits per heavy atom. The Hall–Kier alpha value is -4.10. The summed E-state index contributed by atoms with van der Waals surface area (Å²) in [5, 5.41) is 25.7. The van der Waals surface area contributed by atoms with Crippen molar-refractivity contribution in [3.05, 3.63) is 81.0 Å². The van der Waals surface area contributed by atoms with E-state index >= 15 is 0 Å². The first-order valence-corrected chi connectivity index (χ1v) is 14.5. The van der Waals surface area contributed by atoms with Gasteiger partial charge in [-0.1, -0.05) is 30.3 Å². The Bertz CT molecular complexity index is 1580. The van der Waals surface area contributed by atoms with Crippen LogP contribution in [0.2, 0.25) is 0 Å². The molecule has 0 bridgehead atoms. The largest absolute Gasteiger partial charge is 0.384 e. The number of hydrogen-bond donors (Lipinski definition) is 5. The number of rotatable bonds is 7. The van der Waals surface area contributed by atoms with Crippen LogP contribution in [0.3, 0.4) is 0 Å². The molecule has 3 amide bonds. The van der Waals surface area contributed by atoms with E-state index in [0.29, 0.717) is 24.3 Å². The fourth-order valence-electron chi connectivity index (χ4n) is 5.82. The Morgan fingerprint density at radius 3 is 2.60 bits per heavy atom. The van der Waals surface area contributed by atoms with Gasteiger partial charge in [0.1, 0.15) is 18.0 Å². The van der Waals surface area contributed by atoms with Crippen molar-refractivity contribution < 1.29 is 29.0 Å². The van der Waals surface area contributed by atoms with Crippen LogP contribution in [0.15, 0.2) is 53.9 Å². The molecular formula is C30H31N5O6S. The van der Waals surface area contributed by atoms with Crippen LogP contribution >= 0.6 is 11.3 Å². The van der Waals surface area contributed by atoms with Crippen molar-refractivity contribution in [2.45, 2.75) is 37.3 Å². The minimum Gasteiger partial charge on any atom is -0.384 e. The van der Waals surface area contributed by atoms with E-state index < -0.39 is 29.7 Å². The second kappa shape index (κ2) is 11.0. The van der Waals surface area contributed by atoms with E-state index in [9.17, 15) is 19.5 Å². The number of benzene rings is 2. The molecule has 1 spiro atoms. The quantitative estimate of drug-likeness (QED) is 0.208. The fourth-order valence-corrected chi connectivity index (χ4v) is 6.74. The lowest BCUT2D eigenvalue weighted by molar-refractivity contribution is -0.152. The highest BCUT2D eigenvalue weighted by atomic mass is 32.1. The number of carbonyl (C=O) groups is 3. The first-order valence-electron chi connectivity index (χ1n) is 13.7. The molecule has 1 aromatic heterocycles. The highest BCUT2D eigenvalue weighted by Gasteiger charge is 2.52. The van der Waals surface area contributed by atoms with Crippen molar-refractivity contribution in [1.29, 1.82) is 5.41 Å². The number of fused-ring (bicyclic) bond motifs is 3. The normalized spacial score (nSPS) is 20.7. The van der Waals surface area contributed by atoms with Crippen molar-refractivity contribution in [3.63, 3.8) is 0 Å². The average Bonchev–Trinajstić information content (AvgIpc) is 3.79. The number of nitrogens with one attached hydrogen (secondary N) is 3. The molecule has 0 saturated carbocycles. The highest BCUT2D eigenvalue weighted by molar-refractivity contribution is 7.10. The van der Waals surface area contributed by atoms with Gasteiger partial charge in [0.15, 0.2) is 5.79 Å². The molecule has 12 heteroatoms. The van der Waals surface area contributed by atoms with Gasteiger partial charge in [-0.05, 0) is 47.4 Å². The molecule has 6 N–H and O–H groups in total. The molecular weight excluding hydrogens is 558 g/mol. The van der Waals surface area contributed by atoms with Crippen LogP contribution in [0.4, 0.5) is 0 Å². The molecule has 218 valence electrons. The number of nitrogens with two attached hydrogens (primary N) is 1. The van der Waals surface area contributed by atoms with E-state index in [1.807, 2.05) is 31.2 Å². The van der Waals surface area contributed by atoms with Crippen LogP contribution in [-0.2, 0) is 19.1 Å². The zero-order valence-corrected chi connectivity index (χ0v) is 23.7. The summed E-state index contributed by atoms with van der Waals surface area (Å²) in [6, 6.07) is 13.1. The SMILES string of the molecule is C[C@@H](NC(=O)[C@@H]1CC2(CN1C(=O)CNC(=O)c1ccc3c(c1)-c1ccccc1C3O)OCCO2)c1cc(C(=N)N)cs1. The maximum Gasteiger partial charge on any atom is 0.251 e. The minimum absolute atomic E-state index is 0.0505. The number of aliphatic hydroxyl groups is 1. The lowest BCUT2D eigenvalue weighted by Crippen LogP contribution is -2.49. The zero-order chi connectivity index (χ0) is 29.6. The van der Waals surface area contributed by atoms with E-state index in [4.69, 9.17) is 20.6 Å². The van der Waals surface area contributed by atoms with Gasteiger partial charge >= 0.3 is 0 Å². The van der Waals surface area contributed by atoms with Crippen molar-refractivity contribution >= 4 is 34.9 Å². The van der Waals surface area contributed by atoms with Gasteiger partial charge in [-0.3, -0.25) is 19.8 Å². The lowest BCUT2D eigenvalue weighted by Gasteiger charge is -2.25. The predicted octanol–water partition coefficient (Wildman–Crippen LogP) is 2.05. The number of aliphatic hydroxyl groups excluding tert-OH is 1. The Morgan fingerprint density at radius 2 is 1.86 bits per heavy atom. The molecule has 6 rings (SSSR count). The Labute approximate surface area is 246 Å². The number of carbonyl (C=O) groups excluding carboxylic acids is 3. The molecule has 3 heterocycles. The monoisotopic (exact) mass is 589 g/mol. The summed E-state index contributed by atoms with van der Waals surface area (Å²) in [6.45, 7) is 2.29. The minimum atomic E-state index is -1.07. The molecule has 3 aromatic rings. The molecule has 42 heavy (non-hydrogen) atoms. The first kappa shape index (κ1) is 28.0. The van der Waals surface area contributed by atoms with E-state index in [2.05, 4.69) is 10.6 Å². The maximum atomic E-state index is 13.4. The second-order valence-electron chi connectivity index (χ2n) is 10.7. The third-order valence-electron chi connectivity index (χ3n) is 8.00. The van der Waals surface area contributed by atoms with Gasteiger partial charge in [0, 0.05) is 27.8 Å². The number of hydrogen-bond acceptors (Lipinski definition) is 8. The topological polar surface area (TPSA) is 167 Å². The first-order chi connectivity index (χ1) is 20.2. The van der Waals surface area contributed by atoms with Crippen LogP contribution in [0, 0.1) is 5.41 Å². The molecule has 1 aliphatic carbocycles. The van der Waals surface area contributed by atoms with E-state index in [1.165, 1.54) is 16.2 Å². The smallest absolute Gasteiger partial charge is 0.251 e. The van der Waals surface area contributed by atoms with Gasteiger partial charge in [0.2, 0.25) is 11.8 Å². The third kappa shape index (κ3) is 5.07. The van der Waals surface area contributed by atoms with E-state index in [0.717, 1.165) is 27.1 Å². The Balaban J connectivity index is 1.14. The summed E-state index contributed by atoms with van der Waals surface area (Å²) in [7, 11) is 0. The summed E-state index contributed by atoms with van der Waals surface area (Å²) in [4.78, 5) is 42.2.